The smallest absolute Gasteiger partial charge is 0.191 e. The van der Waals surface area contributed by atoms with Gasteiger partial charge in [0.25, 0.3) is 0 Å². The van der Waals surface area contributed by atoms with Crippen LogP contribution in [0, 0.1) is 0 Å². The standard InChI is InChI=1S/C13H29NO2SSi/c1-12(2,3)17(15)14-10-9-11-16-18(7,8)13(4,5)6/h10H,9,11H2,1-8H3/b14-10+. The molecule has 1 unspecified atom stereocenters. The predicted molar refractivity (Wildman–Crippen MR) is 84.2 cm³/mol. The van der Waals surface area contributed by atoms with Crippen molar-refractivity contribution in [2.45, 2.75) is 70.8 Å². The van der Waals surface area contributed by atoms with Crippen molar-refractivity contribution in [3.63, 3.8) is 0 Å². The van der Waals surface area contributed by atoms with Crippen LogP contribution in [0.5, 0.6) is 0 Å². The van der Waals surface area contributed by atoms with Crippen molar-refractivity contribution in [2.75, 3.05) is 6.61 Å². The molecule has 108 valence electrons. The molecule has 3 nitrogen and oxygen atoms in total. The Bertz CT molecular complexity index is 314. The summed E-state index contributed by atoms with van der Waals surface area (Å²) in [5.41, 5.74) is 0. The Kier molecular flexibility index (Phi) is 6.43. The zero-order chi connectivity index (χ0) is 14.6. The average Bonchev–Trinajstić information content (AvgIpc) is 2.13. The van der Waals surface area contributed by atoms with E-state index in [0.717, 1.165) is 6.42 Å². The summed E-state index contributed by atoms with van der Waals surface area (Å²) in [6.45, 7) is 17.6. The lowest BCUT2D eigenvalue weighted by Gasteiger charge is -2.36. The summed E-state index contributed by atoms with van der Waals surface area (Å²) in [6.07, 6.45) is 2.46. The zero-order valence-electron chi connectivity index (χ0n) is 13.2. The van der Waals surface area contributed by atoms with E-state index in [1.54, 1.807) is 6.21 Å². The van der Waals surface area contributed by atoms with Crippen molar-refractivity contribution >= 4 is 25.5 Å². The highest BCUT2D eigenvalue weighted by Gasteiger charge is 2.36. The van der Waals surface area contributed by atoms with Crippen molar-refractivity contribution in [1.29, 1.82) is 0 Å². The largest absolute Gasteiger partial charge is 0.416 e. The molecule has 0 aliphatic rings. The molecular weight excluding hydrogens is 262 g/mol. The van der Waals surface area contributed by atoms with E-state index in [4.69, 9.17) is 4.43 Å². The Morgan fingerprint density at radius 3 is 2.06 bits per heavy atom. The summed E-state index contributed by atoms with van der Waals surface area (Å²) in [5.74, 6) is 0. The van der Waals surface area contributed by atoms with Crippen LogP contribution < -0.4 is 0 Å². The van der Waals surface area contributed by atoms with Crippen LogP contribution in [-0.4, -0.2) is 30.1 Å². The molecule has 5 heteroatoms. The fraction of sp³-hybridized carbons (Fsp3) is 0.923. The molecule has 0 aliphatic heterocycles. The van der Waals surface area contributed by atoms with E-state index in [0.29, 0.717) is 6.61 Å². The lowest BCUT2D eigenvalue weighted by Crippen LogP contribution is -2.41. The van der Waals surface area contributed by atoms with Crippen molar-refractivity contribution in [1.82, 2.24) is 0 Å². The maximum absolute atomic E-state index is 11.7. The summed E-state index contributed by atoms with van der Waals surface area (Å²) in [6, 6.07) is 0. The molecule has 0 bridgehead atoms. The Hall–Kier alpha value is -0.00312. The predicted octanol–water partition coefficient (Wildman–Crippen LogP) is 3.93. The quantitative estimate of drug-likeness (QED) is 0.437. The fourth-order valence-electron chi connectivity index (χ4n) is 0.862. The normalized spacial score (nSPS) is 16.2. The van der Waals surface area contributed by atoms with Crippen LogP contribution in [0.2, 0.25) is 18.1 Å². The third-order valence-electron chi connectivity index (χ3n) is 3.21. The van der Waals surface area contributed by atoms with Crippen LogP contribution in [0.1, 0.15) is 48.0 Å². The molecule has 18 heavy (non-hydrogen) atoms. The molecule has 0 spiro atoms. The molecule has 0 aromatic rings. The molecule has 0 aliphatic carbocycles. The van der Waals surface area contributed by atoms with Gasteiger partial charge < -0.3 is 4.43 Å². The van der Waals surface area contributed by atoms with Crippen LogP contribution in [-0.2, 0) is 15.4 Å². The Balaban J connectivity index is 4.10. The minimum atomic E-state index is -1.66. The molecule has 0 aromatic heterocycles. The summed E-state index contributed by atoms with van der Waals surface area (Å²) >= 11 is 0. The fourth-order valence-corrected chi connectivity index (χ4v) is 2.48. The monoisotopic (exact) mass is 291 g/mol. The Morgan fingerprint density at radius 2 is 1.67 bits per heavy atom. The second-order valence-corrected chi connectivity index (χ2v) is 13.8. The Labute approximate surface area is 116 Å². The van der Waals surface area contributed by atoms with Gasteiger partial charge >= 0.3 is 0 Å². The number of rotatable bonds is 5. The highest BCUT2D eigenvalue weighted by atomic mass is 32.2. The van der Waals surface area contributed by atoms with Gasteiger partial charge in [0.15, 0.2) is 8.32 Å². The van der Waals surface area contributed by atoms with Gasteiger partial charge in [0.2, 0.25) is 0 Å². The molecular formula is C13H29NO2SSi. The molecule has 0 heterocycles. The molecule has 0 saturated heterocycles. The van der Waals surface area contributed by atoms with Crippen molar-refractivity contribution in [3.05, 3.63) is 0 Å². The van der Waals surface area contributed by atoms with Gasteiger partial charge in [0, 0.05) is 19.2 Å². The van der Waals surface area contributed by atoms with E-state index in [1.807, 2.05) is 20.8 Å². The second kappa shape index (κ2) is 6.44. The third kappa shape index (κ3) is 6.25. The lowest BCUT2D eigenvalue weighted by molar-refractivity contribution is 0.299. The minimum absolute atomic E-state index is 0.234. The average molecular weight is 292 g/mol. The molecule has 0 aromatic carbocycles. The molecule has 0 radical (unpaired) electrons. The Morgan fingerprint density at radius 1 is 1.17 bits per heavy atom. The highest BCUT2D eigenvalue weighted by molar-refractivity contribution is 7.85. The summed E-state index contributed by atoms with van der Waals surface area (Å²) in [5, 5.41) is 0.234. The van der Waals surface area contributed by atoms with Gasteiger partial charge in [-0.1, -0.05) is 20.8 Å². The van der Waals surface area contributed by atoms with Crippen molar-refractivity contribution < 1.29 is 8.63 Å². The SMILES string of the molecule is CC(C)(C)S(=O)/N=C/CCO[Si](C)(C)C(C)(C)C. The van der Waals surface area contributed by atoms with Crippen LogP contribution in [0.4, 0.5) is 0 Å². The second-order valence-electron chi connectivity index (χ2n) is 7.05. The molecule has 0 amide bonds. The van der Waals surface area contributed by atoms with E-state index in [1.165, 1.54) is 0 Å². The van der Waals surface area contributed by atoms with Crippen LogP contribution in [0.3, 0.4) is 0 Å². The zero-order valence-corrected chi connectivity index (χ0v) is 15.0. The van der Waals surface area contributed by atoms with Crippen LogP contribution >= 0.6 is 0 Å². The summed E-state index contributed by atoms with van der Waals surface area (Å²) in [4.78, 5) is 0. The first-order valence-electron chi connectivity index (χ1n) is 6.46. The van der Waals surface area contributed by atoms with Gasteiger partial charge in [-0.25, -0.2) is 4.21 Å². The highest BCUT2D eigenvalue weighted by Crippen LogP contribution is 2.36. The first-order valence-corrected chi connectivity index (χ1v) is 10.5. The van der Waals surface area contributed by atoms with E-state index >= 15 is 0 Å². The van der Waals surface area contributed by atoms with Crippen molar-refractivity contribution in [3.8, 4) is 0 Å². The maximum atomic E-state index is 11.7. The lowest BCUT2D eigenvalue weighted by atomic mass is 10.2. The molecule has 0 N–H and O–H groups in total. The first kappa shape index (κ1) is 18.0. The van der Waals surface area contributed by atoms with Crippen LogP contribution in [0.25, 0.3) is 0 Å². The van der Waals surface area contributed by atoms with E-state index in [-0.39, 0.29) is 9.79 Å². The minimum Gasteiger partial charge on any atom is -0.416 e. The summed E-state index contributed by atoms with van der Waals surface area (Å²) < 4.78 is 21.5. The molecule has 1 atom stereocenters. The number of nitrogens with zero attached hydrogens (tertiary/aromatic N) is 1. The van der Waals surface area contributed by atoms with Gasteiger partial charge in [-0.3, -0.25) is 0 Å². The van der Waals surface area contributed by atoms with E-state index < -0.39 is 19.3 Å². The van der Waals surface area contributed by atoms with Gasteiger partial charge in [-0.15, -0.1) is 0 Å². The van der Waals surface area contributed by atoms with Gasteiger partial charge in [0.1, 0.15) is 11.0 Å². The van der Waals surface area contributed by atoms with Gasteiger partial charge in [-0.2, -0.15) is 4.40 Å². The van der Waals surface area contributed by atoms with E-state index in [9.17, 15) is 4.21 Å². The number of hydrogen-bond acceptors (Lipinski definition) is 2. The maximum Gasteiger partial charge on any atom is 0.191 e. The van der Waals surface area contributed by atoms with Gasteiger partial charge in [-0.05, 0) is 38.9 Å². The summed E-state index contributed by atoms with van der Waals surface area (Å²) in [7, 11) is -2.81. The third-order valence-corrected chi connectivity index (χ3v) is 9.14. The van der Waals surface area contributed by atoms with Crippen molar-refractivity contribution in [2.24, 2.45) is 4.40 Å². The molecule has 0 rings (SSSR count). The van der Waals surface area contributed by atoms with Crippen LogP contribution in [0.15, 0.2) is 4.40 Å². The number of hydrogen-bond donors (Lipinski definition) is 0. The topological polar surface area (TPSA) is 38.7 Å². The van der Waals surface area contributed by atoms with Gasteiger partial charge in [0.05, 0.1) is 4.75 Å². The molecule has 0 saturated carbocycles. The van der Waals surface area contributed by atoms with E-state index in [2.05, 4.69) is 38.3 Å². The first-order chi connectivity index (χ1) is 7.88. The molecule has 0 fully saturated rings.